The van der Waals surface area contributed by atoms with Gasteiger partial charge >= 0.3 is 0 Å². The average molecular weight is 216 g/mol. The topological polar surface area (TPSA) is 35.2 Å². The molecule has 2 N–H and O–H groups in total. The van der Waals surface area contributed by atoms with E-state index in [1.165, 1.54) is 0 Å². The van der Waals surface area contributed by atoms with Gasteiger partial charge in [0.05, 0.1) is 18.5 Å². The monoisotopic (exact) mass is 215 g/mol. The van der Waals surface area contributed by atoms with Gasteiger partial charge in [0.1, 0.15) is 0 Å². The van der Waals surface area contributed by atoms with Crippen LogP contribution in [0.15, 0.2) is 23.1 Å². The lowest BCUT2D eigenvalue weighted by Gasteiger charge is -2.25. The second-order valence-electron chi connectivity index (χ2n) is 2.96. The molecular formula is C9H10ClNOS. The van der Waals surface area contributed by atoms with Crippen molar-refractivity contribution < 1.29 is 4.74 Å². The number of nitrogen functional groups attached to an aromatic ring is 1. The molecule has 1 heterocycles. The highest BCUT2D eigenvalue weighted by Crippen LogP contribution is 2.33. The average Bonchev–Trinajstić information content (AvgIpc) is 2.03. The highest BCUT2D eigenvalue weighted by atomic mass is 35.5. The zero-order chi connectivity index (χ0) is 9.26. The minimum atomic E-state index is 0.542. The third-order valence-corrected chi connectivity index (χ3v) is 3.32. The van der Waals surface area contributed by atoms with E-state index in [9.17, 15) is 0 Å². The standard InChI is InChI=1S/C9H10ClNOS/c10-6-1-2-8(11)9(3-6)13-7-4-12-5-7/h1-3,7H,4-5,11H2. The summed E-state index contributed by atoms with van der Waals surface area (Å²) in [5, 5.41) is 1.28. The minimum Gasteiger partial charge on any atom is -0.398 e. The third-order valence-electron chi connectivity index (χ3n) is 1.88. The van der Waals surface area contributed by atoms with Gasteiger partial charge in [0.15, 0.2) is 0 Å². The van der Waals surface area contributed by atoms with Gasteiger partial charge in [0.25, 0.3) is 0 Å². The lowest BCUT2D eigenvalue weighted by Crippen LogP contribution is -2.30. The van der Waals surface area contributed by atoms with Crippen LogP contribution in [0.25, 0.3) is 0 Å². The molecule has 0 radical (unpaired) electrons. The zero-order valence-corrected chi connectivity index (χ0v) is 8.57. The molecule has 0 bridgehead atoms. The second-order valence-corrected chi connectivity index (χ2v) is 4.74. The molecule has 4 heteroatoms. The van der Waals surface area contributed by atoms with E-state index in [4.69, 9.17) is 22.1 Å². The molecule has 2 rings (SSSR count). The summed E-state index contributed by atoms with van der Waals surface area (Å²) < 4.78 is 5.08. The fourth-order valence-electron chi connectivity index (χ4n) is 1.07. The first-order valence-electron chi connectivity index (χ1n) is 4.05. The van der Waals surface area contributed by atoms with Gasteiger partial charge in [-0.1, -0.05) is 11.6 Å². The van der Waals surface area contributed by atoms with Crippen molar-refractivity contribution in [1.29, 1.82) is 0 Å². The number of rotatable bonds is 2. The number of nitrogens with two attached hydrogens (primary N) is 1. The molecule has 1 aliphatic heterocycles. The van der Waals surface area contributed by atoms with E-state index in [2.05, 4.69) is 0 Å². The second kappa shape index (κ2) is 3.78. The summed E-state index contributed by atoms with van der Waals surface area (Å²) in [5.74, 6) is 0. The summed E-state index contributed by atoms with van der Waals surface area (Å²) in [6.45, 7) is 1.63. The van der Waals surface area contributed by atoms with E-state index in [0.717, 1.165) is 28.8 Å². The Bertz CT molecular complexity index is 314. The molecule has 70 valence electrons. The van der Waals surface area contributed by atoms with Gasteiger partial charge in [-0.3, -0.25) is 0 Å². The molecule has 0 unspecified atom stereocenters. The van der Waals surface area contributed by atoms with Crippen LogP contribution < -0.4 is 5.73 Å². The van der Waals surface area contributed by atoms with Gasteiger partial charge in [-0.15, -0.1) is 11.8 Å². The number of hydrogen-bond acceptors (Lipinski definition) is 3. The SMILES string of the molecule is Nc1ccc(Cl)cc1SC1COC1. The first-order valence-corrected chi connectivity index (χ1v) is 5.31. The van der Waals surface area contributed by atoms with Gasteiger partial charge in [-0.2, -0.15) is 0 Å². The predicted molar refractivity (Wildman–Crippen MR) is 56.3 cm³/mol. The van der Waals surface area contributed by atoms with E-state index in [-0.39, 0.29) is 0 Å². The molecule has 0 spiro atoms. The fraction of sp³-hybridized carbons (Fsp3) is 0.333. The Kier molecular flexibility index (Phi) is 2.67. The molecule has 1 aromatic rings. The number of thioether (sulfide) groups is 1. The Balaban J connectivity index is 2.13. The molecule has 1 saturated heterocycles. The van der Waals surface area contributed by atoms with Gasteiger partial charge in [-0.25, -0.2) is 0 Å². The first-order chi connectivity index (χ1) is 6.25. The van der Waals surface area contributed by atoms with Crippen molar-refractivity contribution in [2.24, 2.45) is 0 Å². The lowest BCUT2D eigenvalue weighted by molar-refractivity contribution is 0.0455. The summed E-state index contributed by atoms with van der Waals surface area (Å²) in [5.41, 5.74) is 6.59. The molecule has 1 aliphatic rings. The molecule has 0 atom stereocenters. The first kappa shape index (κ1) is 9.19. The van der Waals surface area contributed by atoms with Crippen LogP contribution in [-0.2, 0) is 4.74 Å². The Morgan fingerprint density at radius 3 is 2.85 bits per heavy atom. The predicted octanol–water partition coefficient (Wildman–Crippen LogP) is 2.41. The van der Waals surface area contributed by atoms with Crippen molar-refractivity contribution >= 4 is 29.1 Å². The lowest BCUT2D eigenvalue weighted by atomic mass is 10.3. The van der Waals surface area contributed by atoms with E-state index in [1.807, 2.05) is 12.1 Å². The largest absolute Gasteiger partial charge is 0.398 e. The quantitative estimate of drug-likeness (QED) is 0.770. The van der Waals surface area contributed by atoms with Gasteiger partial charge in [-0.05, 0) is 18.2 Å². The maximum Gasteiger partial charge on any atom is 0.0611 e. The Morgan fingerprint density at radius 1 is 1.46 bits per heavy atom. The Morgan fingerprint density at radius 2 is 2.23 bits per heavy atom. The molecule has 1 fully saturated rings. The number of halogens is 1. The highest BCUT2D eigenvalue weighted by Gasteiger charge is 2.20. The summed E-state index contributed by atoms with van der Waals surface area (Å²) in [4.78, 5) is 1.06. The van der Waals surface area contributed by atoms with Crippen LogP contribution in [0.2, 0.25) is 5.02 Å². The van der Waals surface area contributed by atoms with Crippen molar-refractivity contribution in [2.75, 3.05) is 18.9 Å². The summed E-state index contributed by atoms with van der Waals surface area (Å²) in [6, 6.07) is 5.54. The smallest absolute Gasteiger partial charge is 0.0611 e. The summed E-state index contributed by atoms with van der Waals surface area (Å²) >= 11 is 7.60. The van der Waals surface area contributed by atoms with Crippen LogP contribution in [0.4, 0.5) is 5.69 Å². The van der Waals surface area contributed by atoms with Crippen molar-refractivity contribution in [2.45, 2.75) is 10.1 Å². The highest BCUT2D eigenvalue weighted by molar-refractivity contribution is 8.00. The van der Waals surface area contributed by atoms with E-state index >= 15 is 0 Å². The number of hydrogen-bond donors (Lipinski definition) is 1. The molecule has 0 aromatic heterocycles. The Labute approximate surface area is 86.4 Å². The molecule has 2 nitrogen and oxygen atoms in total. The van der Waals surface area contributed by atoms with E-state index in [1.54, 1.807) is 17.8 Å². The maximum absolute atomic E-state index is 5.86. The molecular weight excluding hydrogens is 206 g/mol. The van der Waals surface area contributed by atoms with Crippen LogP contribution in [0.5, 0.6) is 0 Å². The number of ether oxygens (including phenoxy) is 1. The normalized spacial score (nSPS) is 17.0. The molecule has 0 amide bonds. The summed E-state index contributed by atoms with van der Waals surface area (Å²) in [6.07, 6.45) is 0. The number of anilines is 1. The Hall–Kier alpha value is -0.380. The molecule has 0 aliphatic carbocycles. The van der Waals surface area contributed by atoms with Crippen molar-refractivity contribution in [3.8, 4) is 0 Å². The van der Waals surface area contributed by atoms with E-state index in [0.29, 0.717) is 5.25 Å². The van der Waals surface area contributed by atoms with Gasteiger partial charge in [0, 0.05) is 15.6 Å². The number of benzene rings is 1. The van der Waals surface area contributed by atoms with Gasteiger partial charge < -0.3 is 10.5 Å². The molecule has 0 saturated carbocycles. The molecule has 1 aromatic carbocycles. The van der Waals surface area contributed by atoms with Crippen molar-refractivity contribution in [1.82, 2.24) is 0 Å². The zero-order valence-electron chi connectivity index (χ0n) is 7.00. The molecule has 13 heavy (non-hydrogen) atoms. The van der Waals surface area contributed by atoms with Crippen molar-refractivity contribution in [3.05, 3.63) is 23.2 Å². The van der Waals surface area contributed by atoms with Crippen molar-refractivity contribution in [3.63, 3.8) is 0 Å². The fourth-order valence-corrected chi connectivity index (χ4v) is 2.40. The van der Waals surface area contributed by atoms with Crippen LogP contribution in [0.3, 0.4) is 0 Å². The van der Waals surface area contributed by atoms with Gasteiger partial charge in [0.2, 0.25) is 0 Å². The van der Waals surface area contributed by atoms with Crippen LogP contribution in [0, 0.1) is 0 Å². The summed E-state index contributed by atoms with van der Waals surface area (Å²) in [7, 11) is 0. The van der Waals surface area contributed by atoms with E-state index < -0.39 is 0 Å². The maximum atomic E-state index is 5.86. The van der Waals surface area contributed by atoms with Crippen LogP contribution in [-0.4, -0.2) is 18.5 Å². The minimum absolute atomic E-state index is 0.542. The third kappa shape index (κ3) is 2.10. The van der Waals surface area contributed by atoms with Crippen LogP contribution >= 0.6 is 23.4 Å². The van der Waals surface area contributed by atoms with Crippen LogP contribution in [0.1, 0.15) is 0 Å².